The molecule has 5 rings (SSSR count). The quantitative estimate of drug-likeness (QED) is 0.346. The fourth-order valence-electron chi connectivity index (χ4n) is 3.96. The number of fused-ring (bicyclic) bond motifs is 3. The van der Waals surface area contributed by atoms with Crippen molar-refractivity contribution in [1.29, 1.82) is 0 Å². The number of nitrogens with one attached hydrogen (secondary N) is 1. The van der Waals surface area contributed by atoms with Crippen LogP contribution in [0.1, 0.15) is 22.4 Å². The summed E-state index contributed by atoms with van der Waals surface area (Å²) < 4.78 is 1.65. The van der Waals surface area contributed by atoms with E-state index in [9.17, 15) is 9.59 Å². The summed E-state index contributed by atoms with van der Waals surface area (Å²) in [5, 5.41) is 4.24. The van der Waals surface area contributed by atoms with Gasteiger partial charge in [0.25, 0.3) is 5.56 Å². The first-order chi connectivity index (χ1) is 15.1. The number of hydrogen-bond acceptors (Lipinski definition) is 5. The topological polar surface area (TPSA) is 64.0 Å². The van der Waals surface area contributed by atoms with Crippen LogP contribution < -0.4 is 10.9 Å². The molecule has 0 radical (unpaired) electrons. The van der Waals surface area contributed by atoms with E-state index in [2.05, 4.69) is 5.32 Å². The van der Waals surface area contributed by atoms with Gasteiger partial charge in [-0.1, -0.05) is 48.2 Å². The molecule has 0 spiro atoms. The smallest absolute Gasteiger partial charge is 0.267 e. The second kappa shape index (κ2) is 8.32. The molecule has 1 aliphatic carbocycles. The van der Waals surface area contributed by atoms with Crippen LogP contribution in [0.15, 0.2) is 64.5 Å². The van der Waals surface area contributed by atoms with Gasteiger partial charge < -0.3 is 5.32 Å². The Bertz CT molecular complexity index is 1340. The second-order valence-corrected chi connectivity index (χ2v) is 9.59. The van der Waals surface area contributed by atoms with Gasteiger partial charge in [0, 0.05) is 10.6 Å². The minimum Gasteiger partial charge on any atom is -0.325 e. The number of aromatic nitrogens is 2. The Hall–Kier alpha value is -2.90. The minimum absolute atomic E-state index is 0.0441. The summed E-state index contributed by atoms with van der Waals surface area (Å²) in [5.41, 5.74) is 3.69. The van der Waals surface area contributed by atoms with Crippen LogP contribution in [0, 0.1) is 6.92 Å². The molecule has 0 bridgehead atoms. The largest absolute Gasteiger partial charge is 0.325 e. The lowest BCUT2D eigenvalue weighted by molar-refractivity contribution is -0.113. The number of amides is 1. The summed E-state index contributed by atoms with van der Waals surface area (Å²) in [6.07, 6.45) is 3.05. The summed E-state index contributed by atoms with van der Waals surface area (Å²) in [4.78, 5) is 33.1. The zero-order valence-electron chi connectivity index (χ0n) is 17.1. The van der Waals surface area contributed by atoms with Gasteiger partial charge in [-0.3, -0.25) is 14.2 Å². The first-order valence-corrected chi connectivity index (χ1v) is 12.0. The van der Waals surface area contributed by atoms with Crippen LogP contribution in [0.5, 0.6) is 0 Å². The monoisotopic (exact) mass is 447 g/mol. The molecular weight excluding hydrogens is 426 g/mol. The van der Waals surface area contributed by atoms with Gasteiger partial charge in [0.15, 0.2) is 5.16 Å². The Balaban J connectivity index is 1.51. The average molecular weight is 448 g/mol. The maximum absolute atomic E-state index is 13.6. The van der Waals surface area contributed by atoms with E-state index in [4.69, 9.17) is 4.98 Å². The molecule has 4 aromatic rings. The number of anilines is 1. The van der Waals surface area contributed by atoms with Crippen molar-refractivity contribution in [1.82, 2.24) is 9.55 Å². The molecule has 0 unspecified atom stereocenters. The van der Waals surface area contributed by atoms with Crippen molar-refractivity contribution in [2.24, 2.45) is 0 Å². The summed E-state index contributed by atoms with van der Waals surface area (Å²) in [6.45, 7) is 1.96. The van der Waals surface area contributed by atoms with E-state index >= 15 is 0 Å². The third-order valence-electron chi connectivity index (χ3n) is 5.47. The van der Waals surface area contributed by atoms with E-state index in [0.29, 0.717) is 5.16 Å². The van der Waals surface area contributed by atoms with Gasteiger partial charge in [-0.2, -0.15) is 0 Å². The molecule has 156 valence electrons. The molecule has 2 aromatic carbocycles. The van der Waals surface area contributed by atoms with Crippen molar-refractivity contribution in [3.63, 3.8) is 0 Å². The van der Waals surface area contributed by atoms with Crippen molar-refractivity contribution in [2.75, 3.05) is 11.1 Å². The Morgan fingerprint density at radius 1 is 1.13 bits per heavy atom. The van der Waals surface area contributed by atoms with E-state index in [0.717, 1.165) is 52.0 Å². The summed E-state index contributed by atoms with van der Waals surface area (Å²) in [7, 11) is 0. The van der Waals surface area contributed by atoms with Crippen LogP contribution in [0.3, 0.4) is 0 Å². The SMILES string of the molecule is Cc1ccccc1NC(=O)CSc1nc2sc3c(c2c(=O)n1-c1ccccc1)CCC3. The molecule has 0 aliphatic heterocycles. The number of carbonyl (C=O) groups excluding carboxylic acids is 1. The number of rotatable bonds is 5. The van der Waals surface area contributed by atoms with Gasteiger partial charge >= 0.3 is 0 Å². The van der Waals surface area contributed by atoms with Gasteiger partial charge in [0.05, 0.1) is 16.8 Å². The standard InChI is InChI=1S/C24H21N3O2S2/c1-15-8-5-6-12-18(15)25-20(28)14-30-24-26-22-21(17-11-7-13-19(17)31-22)23(29)27(24)16-9-3-2-4-10-16/h2-6,8-10,12H,7,11,13-14H2,1H3,(H,25,28). The number of hydrogen-bond donors (Lipinski definition) is 1. The van der Waals surface area contributed by atoms with Crippen molar-refractivity contribution in [3.05, 3.63) is 81.0 Å². The number of aryl methyl sites for hydroxylation is 3. The number of para-hydroxylation sites is 2. The number of benzene rings is 2. The minimum atomic E-state index is -0.123. The molecule has 2 aromatic heterocycles. The summed E-state index contributed by atoms with van der Waals surface area (Å²) in [5.74, 6) is 0.0476. The van der Waals surface area contributed by atoms with E-state index in [1.807, 2.05) is 61.5 Å². The van der Waals surface area contributed by atoms with Crippen molar-refractivity contribution in [3.8, 4) is 5.69 Å². The van der Waals surface area contributed by atoms with Crippen molar-refractivity contribution >= 4 is 44.9 Å². The third kappa shape index (κ3) is 3.79. The first kappa shape index (κ1) is 20.0. The van der Waals surface area contributed by atoms with E-state index in [1.54, 1.807) is 15.9 Å². The number of nitrogens with zero attached hydrogens (tertiary/aromatic N) is 2. The average Bonchev–Trinajstić information content (AvgIpc) is 3.35. The van der Waals surface area contributed by atoms with Crippen molar-refractivity contribution in [2.45, 2.75) is 31.3 Å². The molecule has 1 N–H and O–H groups in total. The van der Waals surface area contributed by atoms with E-state index < -0.39 is 0 Å². The van der Waals surface area contributed by atoms with Gasteiger partial charge in [-0.05, 0) is 55.5 Å². The lowest BCUT2D eigenvalue weighted by atomic mass is 10.2. The normalized spacial score (nSPS) is 12.8. The first-order valence-electron chi connectivity index (χ1n) is 10.2. The maximum atomic E-state index is 13.6. The van der Waals surface area contributed by atoms with Crippen LogP contribution >= 0.6 is 23.1 Å². The number of thiophene rings is 1. The zero-order valence-corrected chi connectivity index (χ0v) is 18.7. The second-order valence-electron chi connectivity index (χ2n) is 7.56. The fraction of sp³-hybridized carbons (Fsp3) is 0.208. The number of carbonyl (C=O) groups is 1. The lowest BCUT2D eigenvalue weighted by Crippen LogP contribution is -2.23. The van der Waals surface area contributed by atoms with E-state index in [1.165, 1.54) is 16.6 Å². The van der Waals surface area contributed by atoms with Gasteiger partial charge in [-0.15, -0.1) is 11.3 Å². The molecule has 2 heterocycles. The lowest BCUT2D eigenvalue weighted by Gasteiger charge is -2.13. The summed E-state index contributed by atoms with van der Waals surface area (Å²) in [6, 6.07) is 17.2. The molecule has 0 saturated heterocycles. The van der Waals surface area contributed by atoms with Crippen LogP contribution in [-0.4, -0.2) is 21.2 Å². The zero-order chi connectivity index (χ0) is 21.4. The predicted molar refractivity (Wildman–Crippen MR) is 128 cm³/mol. The van der Waals surface area contributed by atoms with Gasteiger partial charge in [0.2, 0.25) is 5.91 Å². The van der Waals surface area contributed by atoms with Gasteiger partial charge in [-0.25, -0.2) is 4.98 Å². The molecular formula is C24H21N3O2S2. The highest BCUT2D eigenvalue weighted by atomic mass is 32.2. The Morgan fingerprint density at radius 2 is 1.90 bits per heavy atom. The Kier molecular flexibility index (Phi) is 5.38. The molecule has 31 heavy (non-hydrogen) atoms. The molecule has 1 aliphatic rings. The van der Waals surface area contributed by atoms with E-state index in [-0.39, 0.29) is 17.2 Å². The Morgan fingerprint density at radius 3 is 2.71 bits per heavy atom. The van der Waals surface area contributed by atoms with Crippen LogP contribution in [0.4, 0.5) is 5.69 Å². The molecule has 1 amide bonds. The number of thioether (sulfide) groups is 1. The van der Waals surface area contributed by atoms with Crippen LogP contribution in [0.25, 0.3) is 15.9 Å². The molecule has 0 saturated carbocycles. The molecule has 7 heteroatoms. The highest BCUT2D eigenvalue weighted by Crippen LogP contribution is 2.36. The molecule has 5 nitrogen and oxygen atoms in total. The molecule has 0 fully saturated rings. The van der Waals surface area contributed by atoms with Gasteiger partial charge in [0.1, 0.15) is 4.83 Å². The fourth-order valence-corrected chi connectivity index (χ4v) is 6.07. The maximum Gasteiger partial charge on any atom is 0.267 e. The highest BCUT2D eigenvalue weighted by Gasteiger charge is 2.24. The highest BCUT2D eigenvalue weighted by molar-refractivity contribution is 7.99. The van der Waals surface area contributed by atoms with Crippen LogP contribution in [0.2, 0.25) is 0 Å². The van der Waals surface area contributed by atoms with Crippen molar-refractivity contribution < 1.29 is 4.79 Å². The van der Waals surface area contributed by atoms with Crippen LogP contribution in [-0.2, 0) is 17.6 Å². The Labute approximate surface area is 188 Å². The third-order valence-corrected chi connectivity index (χ3v) is 7.60. The molecule has 0 atom stereocenters. The summed E-state index contributed by atoms with van der Waals surface area (Å²) >= 11 is 2.91. The predicted octanol–water partition coefficient (Wildman–Crippen LogP) is 4.98.